The van der Waals surface area contributed by atoms with Crippen LogP contribution in [0.1, 0.15) is 53.3 Å². The summed E-state index contributed by atoms with van der Waals surface area (Å²) in [6.45, 7) is 20.3. The lowest BCUT2D eigenvalue weighted by molar-refractivity contribution is 0.292. The number of nitrogens with zero attached hydrogens (tertiary/aromatic N) is 5. The molecule has 0 spiro atoms. The zero-order chi connectivity index (χ0) is 20.1. The summed E-state index contributed by atoms with van der Waals surface area (Å²) in [6, 6.07) is 0.373. The number of rotatable bonds is 13. The Labute approximate surface area is 188 Å². The van der Waals surface area contributed by atoms with Gasteiger partial charge in [0.15, 0.2) is 5.96 Å². The zero-order valence-corrected chi connectivity index (χ0v) is 20.7. The SMILES string of the molecule is C=C(C)CN=C(NCCn1cnnc1CC)NC(C)CCCN(CC)CC.I. The molecular weight excluding hydrogens is 465 g/mol. The number of aliphatic imine (C=N–C) groups is 1. The number of halogens is 1. The van der Waals surface area contributed by atoms with Crippen LogP contribution in [0.2, 0.25) is 0 Å². The van der Waals surface area contributed by atoms with E-state index in [1.165, 1.54) is 6.42 Å². The second-order valence-corrected chi connectivity index (χ2v) is 7.06. The fourth-order valence-corrected chi connectivity index (χ4v) is 2.87. The maximum Gasteiger partial charge on any atom is 0.191 e. The van der Waals surface area contributed by atoms with Gasteiger partial charge in [-0.25, -0.2) is 4.99 Å². The lowest BCUT2D eigenvalue weighted by Gasteiger charge is -2.21. The molecule has 0 fully saturated rings. The van der Waals surface area contributed by atoms with E-state index in [2.05, 4.69) is 69.6 Å². The predicted molar refractivity (Wildman–Crippen MR) is 130 cm³/mol. The second kappa shape index (κ2) is 15.7. The highest BCUT2D eigenvalue weighted by Crippen LogP contribution is 2.00. The van der Waals surface area contributed by atoms with Crippen LogP contribution in [-0.2, 0) is 13.0 Å². The van der Waals surface area contributed by atoms with E-state index >= 15 is 0 Å². The number of aromatic nitrogens is 3. The van der Waals surface area contributed by atoms with E-state index in [-0.39, 0.29) is 24.0 Å². The number of nitrogens with one attached hydrogen (secondary N) is 2. The molecule has 0 bridgehead atoms. The second-order valence-electron chi connectivity index (χ2n) is 7.06. The molecule has 1 atom stereocenters. The van der Waals surface area contributed by atoms with Crippen molar-refractivity contribution in [3.8, 4) is 0 Å². The van der Waals surface area contributed by atoms with Crippen molar-refractivity contribution in [3.05, 3.63) is 24.3 Å². The Bertz CT molecular complexity index is 567. The molecule has 162 valence electrons. The quantitative estimate of drug-likeness (QED) is 0.187. The Morgan fingerprint density at radius 1 is 1.32 bits per heavy atom. The van der Waals surface area contributed by atoms with E-state index in [1.54, 1.807) is 6.33 Å². The highest BCUT2D eigenvalue weighted by Gasteiger charge is 2.08. The molecule has 1 aromatic rings. The van der Waals surface area contributed by atoms with Crippen molar-refractivity contribution in [3.63, 3.8) is 0 Å². The van der Waals surface area contributed by atoms with E-state index in [1.807, 2.05) is 6.92 Å². The van der Waals surface area contributed by atoms with Gasteiger partial charge in [-0.1, -0.05) is 32.9 Å². The van der Waals surface area contributed by atoms with Crippen LogP contribution in [0.4, 0.5) is 0 Å². The van der Waals surface area contributed by atoms with Gasteiger partial charge in [0.1, 0.15) is 12.2 Å². The topological polar surface area (TPSA) is 70.4 Å². The monoisotopic (exact) mass is 505 g/mol. The molecule has 2 N–H and O–H groups in total. The van der Waals surface area contributed by atoms with E-state index < -0.39 is 0 Å². The van der Waals surface area contributed by atoms with Crippen LogP contribution in [-0.4, -0.2) is 64.4 Å². The molecule has 8 heteroatoms. The molecule has 0 aliphatic rings. The van der Waals surface area contributed by atoms with Crippen molar-refractivity contribution in [2.45, 2.75) is 66.5 Å². The average molecular weight is 505 g/mol. The molecule has 1 rings (SSSR count). The molecule has 1 unspecified atom stereocenters. The summed E-state index contributed by atoms with van der Waals surface area (Å²) in [4.78, 5) is 7.11. The third kappa shape index (κ3) is 11.0. The van der Waals surface area contributed by atoms with Crippen molar-refractivity contribution >= 4 is 29.9 Å². The van der Waals surface area contributed by atoms with E-state index in [0.29, 0.717) is 12.6 Å². The Morgan fingerprint density at radius 2 is 2.04 bits per heavy atom. The van der Waals surface area contributed by atoms with Crippen molar-refractivity contribution < 1.29 is 0 Å². The van der Waals surface area contributed by atoms with E-state index in [9.17, 15) is 0 Å². The predicted octanol–water partition coefficient (Wildman–Crippen LogP) is 3.08. The Morgan fingerprint density at radius 3 is 2.64 bits per heavy atom. The van der Waals surface area contributed by atoms with Gasteiger partial charge in [0.25, 0.3) is 0 Å². The fourth-order valence-electron chi connectivity index (χ4n) is 2.87. The Balaban J connectivity index is 0.00000729. The van der Waals surface area contributed by atoms with Crippen LogP contribution in [0, 0.1) is 0 Å². The molecule has 0 amide bonds. The van der Waals surface area contributed by atoms with Crippen LogP contribution < -0.4 is 10.6 Å². The minimum absolute atomic E-state index is 0. The van der Waals surface area contributed by atoms with Crippen LogP contribution in [0.3, 0.4) is 0 Å². The van der Waals surface area contributed by atoms with Crippen LogP contribution >= 0.6 is 24.0 Å². The first-order valence-electron chi connectivity index (χ1n) is 10.3. The summed E-state index contributed by atoms with van der Waals surface area (Å²) in [5.41, 5.74) is 1.05. The Kier molecular flexibility index (Phi) is 15.1. The maximum absolute atomic E-state index is 4.64. The fraction of sp³-hybridized carbons (Fsp3) is 0.750. The summed E-state index contributed by atoms with van der Waals surface area (Å²) in [7, 11) is 0. The van der Waals surface area contributed by atoms with Crippen LogP contribution in [0.15, 0.2) is 23.5 Å². The van der Waals surface area contributed by atoms with Gasteiger partial charge < -0.3 is 20.1 Å². The first-order valence-corrected chi connectivity index (χ1v) is 10.3. The highest BCUT2D eigenvalue weighted by molar-refractivity contribution is 14.0. The minimum atomic E-state index is 0. The summed E-state index contributed by atoms with van der Waals surface area (Å²) in [5, 5.41) is 15.1. The molecule has 1 heterocycles. The maximum atomic E-state index is 4.64. The van der Waals surface area contributed by atoms with E-state index in [0.717, 1.165) is 62.9 Å². The molecule has 0 aliphatic heterocycles. The first-order chi connectivity index (χ1) is 13.0. The number of hydrogen-bond donors (Lipinski definition) is 2. The van der Waals surface area contributed by atoms with E-state index in [4.69, 9.17) is 0 Å². The van der Waals surface area contributed by atoms with Crippen molar-refractivity contribution in [2.75, 3.05) is 32.7 Å². The summed E-state index contributed by atoms with van der Waals surface area (Å²) in [6.07, 6.45) is 4.98. The average Bonchev–Trinajstić information content (AvgIpc) is 3.10. The van der Waals surface area contributed by atoms with Crippen molar-refractivity contribution in [2.24, 2.45) is 4.99 Å². The van der Waals surface area contributed by atoms with Gasteiger partial charge in [-0.15, -0.1) is 34.2 Å². The molecular formula is C20H40IN7. The normalized spacial score (nSPS) is 12.6. The smallest absolute Gasteiger partial charge is 0.191 e. The largest absolute Gasteiger partial charge is 0.355 e. The van der Waals surface area contributed by atoms with Crippen LogP contribution in [0.25, 0.3) is 0 Å². The van der Waals surface area contributed by atoms with Crippen LogP contribution in [0.5, 0.6) is 0 Å². The highest BCUT2D eigenvalue weighted by atomic mass is 127. The van der Waals surface area contributed by atoms with Gasteiger partial charge in [0.2, 0.25) is 0 Å². The van der Waals surface area contributed by atoms with Crippen molar-refractivity contribution in [1.82, 2.24) is 30.3 Å². The molecule has 0 radical (unpaired) electrons. The number of guanidine groups is 1. The number of hydrogen-bond acceptors (Lipinski definition) is 4. The molecule has 1 aromatic heterocycles. The molecule has 0 aromatic carbocycles. The van der Waals surface area contributed by atoms with Crippen molar-refractivity contribution in [1.29, 1.82) is 0 Å². The molecule has 0 saturated carbocycles. The summed E-state index contributed by atoms with van der Waals surface area (Å²) < 4.78 is 2.08. The Hall–Kier alpha value is -1.16. The van der Waals surface area contributed by atoms with Gasteiger partial charge >= 0.3 is 0 Å². The lowest BCUT2D eigenvalue weighted by atomic mass is 10.2. The standard InChI is InChI=1S/C20H39N7.HI/c1-7-19-25-23-16-27(19)14-12-21-20(22-15-17(4)5)24-18(6)11-10-13-26(8-2)9-3;/h16,18H,4,7-15H2,1-3,5-6H3,(H2,21,22,24);1H. The minimum Gasteiger partial charge on any atom is -0.355 e. The molecule has 28 heavy (non-hydrogen) atoms. The zero-order valence-electron chi connectivity index (χ0n) is 18.4. The third-order valence-electron chi connectivity index (χ3n) is 4.55. The third-order valence-corrected chi connectivity index (χ3v) is 4.55. The van der Waals surface area contributed by atoms with Gasteiger partial charge in [-0.05, 0) is 46.3 Å². The molecule has 0 aliphatic carbocycles. The molecule has 7 nitrogen and oxygen atoms in total. The van der Waals surface area contributed by atoms with Gasteiger partial charge in [-0.2, -0.15) is 0 Å². The van der Waals surface area contributed by atoms with Gasteiger partial charge in [-0.3, -0.25) is 0 Å². The summed E-state index contributed by atoms with van der Waals surface area (Å²) >= 11 is 0. The van der Waals surface area contributed by atoms with Gasteiger partial charge in [0.05, 0.1) is 6.54 Å². The number of aryl methyl sites for hydroxylation is 1. The summed E-state index contributed by atoms with van der Waals surface area (Å²) in [5.74, 6) is 1.86. The van der Waals surface area contributed by atoms with Gasteiger partial charge in [0, 0.05) is 25.6 Å². The lowest BCUT2D eigenvalue weighted by Crippen LogP contribution is -2.43. The molecule has 0 saturated heterocycles. The first kappa shape index (κ1) is 26.8.